The highest BCUT2D eigenvalue weighted by molar-refractivity contribution is 5.37. The summed E-state index contributed by atoms with van der Waals surface area (Å²) in [6.07, 6.45) is 8.95. The van der Waals surface area contributed by atoms with E-state index in [9.17, 15) is 5.11 Å². The van der Waals surface area contributed by atoms with Crippen LogP contribution < -0.4 is 10.5 Å². The summed E-state index contributed by atoms with van der Waals surface area (Å²) in [4.78, 5) is 0. The van der Waals surface area contributed by atoms with Gasteiger partial charge in [-0.15, -0.1) is 0 Å². The van der Waals surface area contributed by atoms with Crippen LogP contribution in [-0.4, -0.2) is 24.4 Å². The number of aliphatic hydroxyl groups excluding tert-OH is 1. The van der Waals surface area contributed by atoms with Gasteiger partial charge in [0.1, 0.15) is 5.75 Å². The average molecular weight is 394 g/mol. The van der Waals surface area contributed by atoms with Gasteiger partial charge in [-0.25, -0.2) is 0 Å². The maximum absolute atomic E-state index is 9.56. The highest BCUT2D eigenvalue weighted by Gasteiger charge is 2.36. The Labute approximate surface area is 175 Å². The van der Waals surface area contributed by atoms with Gasteiger partial charge in [0.2, 0.25) is 0 Å². The van der Waals surface area contributed by atoms with Crippen LogP contribution in [0.5, 0.6) is 5.75 Å². The van der Waals surface area contributed by atoms with Crippen molar-refractivity contribution < 1.29 is 9.84 Å². The Morgan fingerprint density at radius 3 is 2.76 bits per heavy atom. The Morgan fingerprint density at radius 1 is 1.14 bits per heavy atom. The largest absolute Gasteiger partial charge is 0.497 e. The molecule has 3 N–H and O–H groups in total. The first-order chi connectivity index (χ1) is 14.0. The second-order valence-electron chi connectivity index (χ2n) is 9.49. The van der Waals surface area contributed by atoms with Gasteiger partial charge in [-0.3, -0.25) is 0 Å². The number of methoxy groups -OCH3 is 1. The molecule has 1 fully saturated rings. The number of hydrogen-bond acceptors (Lipinski definition) is 3. The minimum atomic E-state index is -0.371. The van der Waals surface area contributed by atoms with Crippen molar-refractivity contribution in [1.29, 1.82) is 0 Å². The molecule has 3 atom stereocenters. The molecule has 0 bridgehead atoms. The molecule has 2 aliphatic carbocycles. The predicted octanol–water partition coefficient (Wildman–Crippen LogP) is 4.70. The van der Waals surface area contributed by atoms with Crippen LogP contribution in [0, 0.1) is 12.8 Å². The van der Waals surface area contributed by atoms with Crippen LogP contribution >= 0.6 is 0 Å². The van der Waals surface area contributed by atoms with Gasteiger partial charge < -0.3 is 15.6 Å². The van der Waals surface area contributed by atoms with Crippen molar-refractivity contribution in [1.82, 2.24) is 0 Å². The van der Waals surface area contributed by atoms with Crippen molar-refractivity contribution in [2.24, 2.45) is 11.7 Å². The Bertz CT molecular complexity index is 862. The second kappa shape index (κ2) is 8.49. The third kappa shape index (κ3) is 4.67. The van der Waals surface area contributed by atoms with E-state index in [-0.39, 0.29) is 12.1 Å². The van der Waals surface area contributed by atoms with Crippen molar-refractivity contribution in [3.8, 4) is 5.75 Å². The standard InChI is InChI=1S/C26H35NO2/c1-18-11-20(14-25(12-18)29-2)4-3-19-5-6-22-15-23(8-7-21(22)13-19)24-9-10-26(27,16-24)17-28/h7-8,11-12,14-15,19,24,28H,3-6,9-10,13,16-17,27H2,1-2H3/t19-,24+,26-/m1/s1. The summed E-state index contributed by atoms with van der Waals surface area (Å²) in [5.74, 6) is 2.24. The number of nitrogens with two attached hydrogens (primary N) is 1. The van der Waals surface area contributed by atoms with E-state index in [1.54, 1.807) is 7.11 Å². The fourth-order valence-electron chi connectivity index (χ4n) is 5.39. The Morgan fingerprint density at radius 2 is 2.00 bits per heavy atom. The first kappa shape index (κ1) is 20.4. The van der Waals surface area contributed by atoms with Crippen LogP contribution in [0.2, 0.25) is 0 Å². The van der Waals surface area contributed by atoms with Crippen molar-refractivity contribution in [3.05, 3.63) is 64.2 Å². The van der Waals surface area contributed by atoms with E-state index in [4.69, 9.17) is 10.5 Å². The molecule has 1 saturated carbocycles. The number of aliphatic hydroxyl groups is 1. The van der Waals surface area contributed by atoms with Crippen LogP contribution in [0.25, 0.3) is 0 Å². The molecule has 156 valence electrons. The second-order valence-corrected chi connectivity index (χ2v) is 9.49. The molecule has 0 radical (unpaired) electrons. The number of ether oxygens (including phenoxy) is 1. The fraction of sp³-hybridized carbons (Fsp3) is 0.538. The number of fused-ring (bicyclic) bond motifs is 1. The van der Waals surface area contributed by atoms with E-state index in [0.717, 1.165) is 37.4 Å². The van der Waals surface area contributed by atoms with Crippen LogP contribution in [0.15, 0.2) is 36.4 Å². The molecule has 0 aromatic heterocycles. The van der Waals surface area contributed by atoms with Crippen molar-refractivity contribution >= 4 is 0 Å². The zero-order chi connectivity index (χ0) is 20.4. The topological polar surface area (TPSA) is 55.5 Å². The smallest absolute Gasteiger partial charge is 0.119 e. The summed E-state index contributed by atoms with van der Waals surface area (Å²) >= 11 is 0. The van der Waals surface area contributed by atoms with Gasteiger partial charge in [-0.05, 0) is 110 Å². The third-order valence-corrected chi connectivity index (χ3v) is 7.18. The Kier molecular flexibility index (Phi) is 5.98. The lowest BCUT2D eigenvalue weighted by atomic mass is 9.79. The molecule has 0 aliphatic heterocycles. The molecule has 4 rings (SSSR count). The maximum atomic E-state index is 9.56. The van der Waals surface area contributed by atoms with Gasteiger partial charge in [0.15, 0.2) is 0 Å². The number of hydrogen-bond donors (Lipinski definition) is 2. The molecular formula is C26H35NO2. The molecule has 0 unspecified atom stereocenters. The van der Waals surface area contributed by atoms with Gasteiger partial charge in [0, 0.05) is 5.54 Å². The predicted molar refractivity (Wildman–Crippen MR) is 119 cm³/mol. The minimum absolute atomic E-state index is 0.100. The molecule has 2 aromatic carbocycles. The van der Waals surface area contributed by atoms with Crippen molar-refractivity contribution in [2.45, 2.75) is 69.7 Å². The van der Waals surface area contributed by atoms with Crippen molar-refractivity contribution in [3.63, 3.8) is 0 Å². The Hall–Kier alpha value is -1.84. The zero-order valence-electron chi connectivity index (χ0n) is 17.9. The van der Waals surface area contributed by atoms with Crippen LogP contribution in [0.3, 0.4) is 0 Å². The van der Waals surface area contributed by atoms with Gasteiger partial charge in [0.25, 0.3) is 0 Å². The number of benzene rings is 2. The summed E-state index contributed by atoms with van der Waals surface area (Å²) in [6.45, 7) is 2.24. The molecule has 2 aliphatic rings. The van der Waals surface area contributed by atoms with Gasteiger partial charge in [-0.2, -0.15) is 0 Å². The molecule has 0 saturated heterocycles. The van der Waals surface area contributed by atoms with Crippen LogP contribution in [-0.2, 0) is 19.3 Å². The average Bonchev–Trinajstić information content (AvgIpc) is 3.14. The van der Waals surface area contributed by atoms with Crippen LogP contribution in [0.1, 0.15) is 65.8 Å². The summed E-state index contributed by atoms with van der Waals surface area (Å²) < 4.78 is 5.43. The first-order valence-corrected chi connectivity index (χ1v) is 11.1. The van der Waals surface area contributed by atoms with Gasteiger partial charge in [-0.1, -0.05) is 24.3 Å². The van der Waals surface area contributed by atoms with Gasteiger partial charge >= 0.3 is 0 Å². The fourth-order valence-corrected chi connectivity index (χ4v) is 5.39. The van der Waals surface area contributed by atoms with Crippen molar-refractivity contribution in [2.75, 3.05) is 13.7 Å². The van der Waals surface area contributed by atoms with E-state index in [1.165, 1.54) is 53.5 Å². The highest BCUT2D eigenvalue weighted by atomic mass is 16.5. The molecule has 0 heterocycles. The number of rotatable bonds is 6. The normalized spacial score (nSPS) is 26.3. The molecule has 3 heteroatoms. The van der Waals surface area contributed by atoms with Crippen LogP contribution in [0.4, 0.5) is 0 Å². The number of aryl methyl sites for hydroxylation is 3. The summed E-state index contributed by atoms with van der Waals surface area (Å²) in [7, 11) is 1.74. The molecule has 0 amide bonds. The lowest BCUT2D eigenvalue weighted by molar-refractivity contribution is 0.198. The summed E-state index contributed by atoms with van der Waals surface area (Å²) in [5.41, 5.74) is 13.1. The first-order valence-electron chi connectivity index (χ1n) is 11.1. The van der Waals surface area contributed by atoms with E-state index in [0.29, 0.717) is 5.92 Å². The molecule has 2 aromatic rings. The lowest BCUT2D eigenvalue weighted by Crippen LogP contribution is -2.40. The quantitative estimate of drug-likeness (QED) is 0.748. The lowest BCUT2D eigenvalue weighted by Gasteiger charge is -2.26. The molecule has 3 nitrogen and oxygen atoms in total. The molecule has 0 spiro atoms. The molecule has 29 heavy (non-hydrogen) atoms. The zero-order valence-corrected chi connectivity index (χ0v) is 17.9. The summed E-state index contributed by atoms with van der Waals surface area (Å²) in [5, 5.41) is 9.56. The van der Waals surface area contributed by atoms with E-state index in [2.05, 4.69) is 43.3 Å². The SMILES string of the molecule is COc1cc(C)cc(CC[C@@H]2CCc3cc([C@H]4CC[C@](N)(CO)C4)ccc3C2)c1. The van der Waals surface area contributed by atoms with E-state index in [1.807, 2.05) is 0 Å². The van der Waals surface area contributed by atoms with E-state index >= 15 is 0 Å². The van der Waals surface area contributed by atoms with Gasteiger partial charge in [0.05, 0.1) is 13.7 Å². The maximum Gasteiger partial charge on any atom is 0.119 e. The minimum Gasteiger partial charge on any atom is -0.497 e. The third-order valence-electron chi connectivity index (χ3n) is 7.18. The van der Waals surface area contributed by atoms with E-state index < -0.39 is 0 Å². The monoisotopic (exact) mass is 393 g/mol. The highest BCUT2D eigenvalue weighted by Crippen LogP contribution is 2.41. The Balaban J connectivity index is 1.38. The molecular weight excluding hydrogens is 358 g/mol. The summed E-state index contributed by atoms with van der Waals surface area (Å²) in [6, 6.07) is 13.7.